The Morgan fingerprint density at radius 2 is 1.97 bits per heavy atom. The number of anilines is 1. The van der Waals surface area contributed by atoms with Crippen LogP contribution < -0.4 is 21.5 Å². The largest absolute Gasteiger partial charge is 0.384 e. The number of rotatable bonds is 6. The molecule has 174 valence electrons. The van der Waals surface area contributed by atoms with Gasteiger partial charge in [0.15, 0.2) is 0 Å². The molecule has 0 saturated heterocycles. The zero-order valence-electron chi connectivity index (χ0n) is 18.5. The van der Waals surface area contributed by atoms with Gasteiger partial charge in [-0.3, -0.25) is 30.7 Å². The molecule has 8 nitrogen and oxygen atoms in total. The summed E-state index contributed by atoms with van der Waals surface area (Å²) in [5.74, 6) is -0.477. The number of pyridine rings is 1. The number of H-pyrrole nitrogens is 1. The van der Waals surface area contributed by atoms with Crippen LogP contribution in [0.4, 0.5) is 5.69 Å². The Morgan fingerprint density at radius 1 is 1.09 bits per heavy atom. The molecular weight excluding hydrogens is 452 g/mol. The Kier molecular flexibility index (Phi) is 6.33. The van der Waals surface area contributed by atoms with Crippen LogP contribution in [-0.4, -0.2) is 34.4 Å². The van der Waals surface area contributed by atoms with Crippen LogP contribution in [0.5, 0.6) is 0 Å². The minimum absolute atomic E-state index is 0.231. The second kappa shape index (κ2) is 9.70. The highest BCUT2D eigenvalue weighted by Crippen LogP contribution is 2.26. The van der Waals surface area contributed by atoms with Crippen molar-refractivity contribution in [2.24, 2.45) is 0 Å². The van der Waals surface area contributed by atoms with Crippen LogP contribution >= 0.6 is 11.6 Å². The number of carbonyl (C=O) groups is 2. The summed E-state index contributed by atoms with van der Waals surface area (Å²) >= 11 is 6.03. The molecule has 0 saturated carbocycles. The van der Waals surface area contributed by atoms with Gasteiger partial charge in [-0.1, -0.05) is 29.8 Å². The highest BCUT2D eigenvalue weighted by Gasteiger charge is 2.27. The van der Waals surface area contributed by atoms with E-state index in [9.17, 15) is 9.59 Å². The number of para-hydroxylation sites is 1. The lowest BCUT2D eigenvalue weighted by molar-refractivity contribution is -0.130. The molecule has 1 atom stereocenters. The number of amides is 2. The average molecular weight is 477 g/mol. The molecule has 1 aliphatic rings. The van der Waals surface area contributed by atoms with E-state index in [1.54, 1.807) is 6.20 Å². The Morgan fingerprint density at radius 3 is 2.88 bits per heavy atom. The topological polar surface area (TPSA) is 111 Å². The van der Waals surface area contributed by atoms with Crippen molar-refractivity contribution >= 4 is 50.9 Å². The molecule has 2 aromatic heterocycles. The van der Waals surface area contributed by atoms with E-state index in [1.165, 1.54) is 0 Å². The zero-order valence-corrected chi connectivity index (χ0v) is 19.2. The van der Waals surface area contributed by atoms with Gasteiger partial charge in [0.25, 0.3) is 5.91 Å². The van der Waals surface area contributed by atoms with Crippen molar-refractivity contribution in [1.82, 2.24) is 26.1 Å². The Balaban J connectivity index is 1.07. The van der Waals surface area contributed by atoms with Gasteiger partial charge < -0.3 is 10.3 Å². The number of carbonyl (C=O) groups excluding carboxylic acids is 2. The standard InChI is InChI=1S/C25H25ClN6O2/c26-15-7-8-17-19(9-11-28-21(17)12-15)27-10-3-6-24(33)31-32-25(34)22-13-18-16-4-1-2-5-20(16)30-23(18)14-29-22/h1-2,4-5,7-9,11-12,22,29-30H,3,6,10,13-14H2,(H,27,28)(H,31,33)(H,32,34). The summed E-state index contributed by atoms with van der Waals surface area (Å²) in [4.78, 5) is 32.6. The lowest BCUT2D eigenvalue weighted by Crippen LogP contribution is -2.52. The Bertz CT molecular complexity index is 1370. The van der Waals surface area contributed by atoms with Crippen molar-refractivity contribution in [3.8, 4) is 0 Å². The second-order valence-corrected chi connectivity index (χ2v) is 8.79. The minimum Gasteiger partial charge on any atom is -0.384 e. The highest BCUT2D eigenvalue weighted by molar-refractivity contribution is 6.31. The Hall–Kier alpha value is -3.62. The van der Waals surface area contributed by atoms with Crippen LogP contribution in [0.1, 0.15) is 24.1 Å². The van der Waals surface area contributed by atoms with Crippen molar-refractivity contribution < 1.29 is 9.59 Å². The molecule has 1 unspecified atom stereocenters. The highest BCUT2D eigenvalue weighted by atomic mass is 35.5. The van der Waals surface area contributed by atoms with Crippen molar-refractivity contribution in [3.63, 3.8) is 0 Å². The van der Waals surface area contributed by atoms with Crippen LogP contribution in [0.25, 0.3) is 21.8 Å². The quantitative estimate of drug-likeness (QED) is 0.216. The van der Waals surface area contributed by atoms with E-state index in [1.807, 2.05) is 42.5 Å². The first-order chi connectivity index (χ1) is 16.6. The van der Waals surface area contributed by atoms with Gasteiger partial charge in [0.2, 0.25) is 5.91 Å². The predicted molar refractivity (Wildman–Crippen MR) is 133 cm³/mol. The van der Waals surface area contributed by atoms with Gasteiger partial charge >= 0.3 is 0 Å². The maximum absolute atomic E-state index is 12.6. The summed E-state index contributed by atoms with van der Waals surface area (Å²) in [6.45, 7) is 1.19. The maximum atomic E-state index is 12.6. The molecular formula is C25H25ClN6O2. The second-order valence-electron chi connectivity index (χ2n) is 8.35. The number of hydrogen-bond donors (Lipinski definition) is 5. The third kappa shape index (κ3) is 4.69. The number of hydrazine groups is 1. The Labute approximate surface area is 201 Å². The van der Waals surface area contributed by atoms with E-state index >= 15 is 0 Å². The SMILES string of the molecule is O=C(CCCNc1ccnc2cc(Cl)ccc12)NNC(=O)C1Cc2c([nH]c3ccccc23)CN1. The molecule has 5 N–H and O–H groups in total. The molecule has 2 amide bonds. The zero-order chi connectivity index (χ0) is 23.5. The number of nitrogens with zero attached hydrogens (tertiary/aromatic N) is 1. The third-order valence-electron chi connectivity index (χ3n) is 6.08. The third-order valence-corrected chi connectivity index (χ3v) is 6.31. The lowest BCUT2D eigenvalue weighted by Gasteiger charge is -2.23. The number of aromatic nitrogens is 2. The number of fused-ring (bicyclic) bond motifs is 4. The molecule has 34 heavy (non-hydrogen) atoms. The minimum atomic E-state index is -0.401. The first-order valence-corrected chi connectivity index (χ1v) is 11.6. The van der Waals surface area contributed by atoms with Gasteiger partial charge in [-0.25, -0.2) is 0 Å². The van der Waals surface area contributed by atoms with Crippen LogP contribution in [-0.2, 0) is 22.6 Å². The van der Waals surface area contributed by atoms with Gasteiger partial charge in [-0.05, 0) is 48.7 Å². The molecule has 1 aliphatic heterocycles. The van der Waals surface area contributed by atoms with Crippen LogP contribution in [0.2, 0.25) is 5.02 Å². The fourth-order valence-electron chi connectivity index (χ4n) is 4.36. The molecule has 0 bridgehead atoms. The number of aromatic amines is 1. The molecule has 0 radical (unpaired) electrons. The summed E-state index contributed by atoms with van der Waals surface area (Å²) in [5.41, 5.74) is 10.2. The normalized spacial score (nSPS) is 15.1. The predicted octanol–water partition coefficient (Wildman–Crippen LogP) is 3.42. The van der Waals surface area contributed by atoms with E-state index in [0.717, 1.165) is 38.8 Å². The molecule has 0 fully saturated rings. The molecule has 5 rings (SSSR count). The van der Waals surface area contributed by atoms with Gasteiger partial charge in [0, 0.05) is 58.4 Å². The number of halogens is 1. The van der Waals surface area contributed by atoms with Crippen molar-refractivity contribution in [2.75, 3.05) is 11.9 Å². The van der Waals surface area contributed by atoms with Crippen molar-refractivity contribution in [2.45, 2.75) is 31.8 Å². The first kappa shape index (κ1) is 22.2. The lowest BCUT2D eigenvalue weighted by atomic mass is 9.98. The molecule has 0 spiro atoms. The van der Waals surface area contributed by atoms with E-state index in [2.05, 4.69) is 37.5 Å². The van der Waals surface area contributed by atoms with E-state index in [0.29, 0.717) is 31.0 Å². The van der Waals surface area contributed by atoms with Gasteiger partial charge in [-0.15, -0.1) is 0 Å². The summed E-state index contributed by atoms with van der Waals surface area (Å²) in [6, 6.07) is 15.1. The average Bonchev–Trinajstić information content (AvgIpc) is 3.23. The fraction of sp³-hybridized carbons (Fsp3) is 0.240. The van der Waals surface area contributed by atoms with Crippen LogP contribution in [0.15, 0.2) is 54.7 Å². The van der Waals surface area contributed by atoms with E-state index in [4.69, 9.17) is 11.6 Å². The molecule has 3 heterocycles. The van der Waals surface area contributed by atoms with Crippen LogP contribution in [0, 0.1) is 0 Å². The number of nitrogens with one attached hydrogen (secondary N) is 5. The van der Waals surface area contributed by atoms with Gasteiger partial charge in [-0.2, -0.15) is 0 Å². The number of hydrogen-bond acceptors (Lipinski definition) is 5. The summed E-state index contributed by atoms with van der Waals surface area (Å²) in [6.07, 6.45) is 3.18. The van der Waals surface area contributed by atoms with Crippen LogP contribution in [0.3, 0.4) is 0 Å². The summed E-state index contributed by atoms with van der Waals surface area (Å²) < 4.78 is 0. The molecule has 2 aromatic carbocycles. The molecule has 0 aliphatic carbocycles. The summed E-state index contributed by atoms with van der Waals surface area (Å²) in [5, 5.41) is 9.32. The molecule has 9 heteroatoms. The smallest absolute Gasteiger partial charge is 0.255 e. The molecule has 4 aromatic rings. The van der Waals surface area contributed by atoms with Crippen molar-refractivity contribution in [3.05, 3.63) is 71.0 Å². The number of benzene rings is 2. The van der Waals surface area contributed by atoms with E-state index in [-0.39, 0.29) is 18.2 Å². The monoisotopic (exact) mass is 476 g/mol. The maximum Gasteiger partial charge on any atom is 0.255 e. The summed E-state index contributed by atoms with van der Waals surface area (Å²) in [7, 11) is 0. The van der Waals surface area contributed by atoms with Crippen molar-refractivity contribution in [1.29, 1.82) is 0 Å². The van der Waals surface area contributed by atoms with Gasteiger partial charge in [0.05, 0.1) is 11.6 Å². The first-order valence-electron chi connectivity index (χ1n) is 11.3. The van der Waals surface area contributed by atoms with Gasteiger partial charge in [0.1, 0.15) is 0 Å². The fourth-order valence-corrected chi connectivity index (χ4v) is 4.52. The van der Waals surface area contributed by atoms with E-state index < -0.39 is 6.04 Å².